The van der Waals surface area contributed by atoms with Crippen molar-refractivity contribution in [3.63, 3.8) is 0 Å². The normalized spacial score (nSPS) is 10.7. The van der Waals surface area contributed by atoms with Gasteiger partial charge in [-0.05, 0) is 29.8 Å². The van der Waals surface area contributed by atoms with Gasteiger partial charge in [0, 0.05) is 10.0 Å². The van der Waals surface area contributed by atoms with E-state index in [1.54, 1.807) is 12.1 Å². The largest absolute Gasteiger partial charge is 0.367 e. The molecule has 0 aliphatic carbocycles. The molecule has 3 rings (SSSR count). The van der Waals surface area contributed by atoms with E-state index in [2.05, 4.69) is 21.1 Å². The van der Waals surface area contributed by atoms with Crippen molar-refractivity contribution in [3.8, 4) is 22.4 Å². The molecule has 0 atom stereocenters. The van der Waals surface area contributed by atoms with Gasteiger partial charge >= 0.3 is 0 Å². The number of nitrogens with zero attached hydrogens (tertiary/aromatic N) is 1. The van der Waals surface area contributed by atoms with E-state index >= 15 is 0 Å². The van der Waals surface area contributed by atoms with Gasteiger partial charge in [0.25, 0.3) is 0 Å². The molecule has 0 radical (unpaired) electrons. The van der Waals surface area contributed by atoms with Crippen molar-refractivity contribution < 1.29 is 8.91 Å². The van der Waals surface area contributed by atoms with Crippen molar-refractivity contribution in [2.45, 2.75) is 0 Å². The van der Waals surface area contributed by atoms with Crippen LogP contribution in [0.15, 0.2) is 57.5 Å². The summed E-state index contributed by atoms with van der Waals surface area (Å²) < 4.78 is 19.4. The number of hydrogen-bond acceptors (Lipinski definition) is 3. The maximum absolute atomic E-state index is 13.4. The molecule has 1 heterocycles. The number of nitrogen functional groups attached to an aromatic ring is 1. The molecule has 0 aliphatic rings. The molecule has 5 heteroatoms. The molecule has 100 valence electrons. The van der Waals surface area contributed by atoms with Crippen LogP contribution in [0.4, 0.5) is 10.3 Å². The summed E-state index contributed by atoms with van der Waals surface area (Å²) in [5.41, 5.74) is 8.53. The topological polar surface area (TPSA) is 52.0 Å². The fourth-order valence-corrected chi connectivity index (χ4v) is 2.29. The van der Waals surface area contributed by atoms with Crippen molar-refractivity contribution in [2.24, 2.45) is 0 Å². The maximum atomic E-state index is 13.4. The zero-order valence-corrected chi connectivity index (χ0v) is 11.9. The lowest BCUT2D eigenvalue weighted by molar-refractivity contribution is 0.439. The molecule has 0 amide bonds. The van der Waals surface area contributed by atoms with Crippen molar-refractivity contribution in [2.75, 3.05) is 5.73 Å². The summed E-state index contributed by atoms with van der Waals surface area (Å²) in [5.74, 6) is -0.154. The Kier molecular flexibility index (Phi) is 3.28. The van der Waals surface area contributed by atoms with Crippen LogP contribution in [0.1, 0.15) is 0 Å². The Morgan fingerprint density at radius 3 is 2.50 bits per heavy atom. The highest BCUT2D eigenvalue weighted by Crippen LogP contribution is 2.36. The Bertz CT molecular complexity index is 753. The molecule has 0 fully saturated rings. The lowest BCUT2D eigenvalue weighted by Crippen LogP contribution is -1.88. The molecule has 0 saturated carbocycles. The number of hydrogen-bond donors (Lipinski definition) is 1. The molecule has 3 nitrogen and oxygen atoms in total. The van der Waals surface area contributed by atoms with Crippen LogP contribution in [0.2, 0.25) is 0 Å². The molecule has 20 heavy (non-hydrogen) atoms. The predicted octanol–water partition coefficient (Wildman–Crippen LogP) is 4.49. The number of halogens is 2. The number of aromatic nitrogens is 1. The third-order valence-corrected chi connectivity index (χ3v) is 3.48. The average molecular weight is 333 g/mol. The fourth-order valence-electron chi connectivity index (χ4n) is 2.03. The second-order valence-corrected chi connectivity index (χ2v) is 5.20. The zero-order valence-electron chi connectivity index (χ0n) is 10.3. The van der Waals surface area contributed by atoms with E-state index in [0.717, 1.165) is 10.0 Å². The van der Waals surface area contributed by atoms with Gasteiger partial charge in [-0.2, -0.15) is 0 Å². The number of benzene rings is 2. The second kappa shape index (κ2) is 5.09. The first-order chi connectivity index (χ1) is 9.65. The molecule has 1 aromatic heterocycles. The van der Waals surface area contributed by atoms with Gasteiger partial charge in [-0.15, -0.1) is 0 Å². The van der Waals surface area contributed by atoms with Crippen LogP contribution in [-0.2, 0) is 0 Å². The summed E-state index contributed by atoms with van der Waals surface area (Å²) in [5, 5.41) is 3.98. The van der Waals surface area contributed by atoms with Crippen LogP contribution in [0.3, 0.4) is 0 Å². The SMILES string of the molecule is Nc1onc(-c2ccc(Br)cc2)c1-c1cccc(F)c1. The van der Waals surface area contributed by atoms with Gasteiger partial charge in [-0.1, -0.05) is 45.4 Å². The third-order valence-electron chi connectivity index (χ3n) is 2.95. The Hall–Kier alpha value is -2.14. The Morgan fingerprint density at radius 2 is 1.80 bits per heavy atom. The predicted molar refractivity (Wildman–Crippen MR) is 79.4 cm³/mol. The molecule has 0 spiro atoms. The highest BCUT2D eigenvalue weighted by molar-refractivity contribution is 9.10. The van der Waals surface area contributed by atoms with Crippen LogP contribution in [0, 0.1) is 5.82 Å². The van der Waals surface area contributed by atoms with E-state index in [-0.39, 0.29) is 11.7 Å². The minimum Gasteiger partial charge on any atom is -0.367 e. The molecule has 2 aromatic carbocycles. The van der Waals surface area contributed by atoms with Crippen LogP contribution in [0.5, 0.6) is 0 Å². The second-order valence-electron chi connectivity index (χ2n) is 4.29. The zero-order chi connectivity index (χ0) is 14.1. The van der Waals surface area contributed by atoms with Gasteiger partial charge in [0.1, 0.15) is 11.5 Å². The Labute approximate surface area is 123 Å². The third kappa shape index (κ3) is 2.32. The van der Waals surface area contributed by atoms with Gasteiger partial charge in [-0.3, -0.25) is 0 Å². The van der Waals surface area contributed by atoms with Crippen LogP contribution >= 0.6 is 15.9 Å². The van der Waals surface area contributed by atoms with Crippen molar-refractivity contribution in [1.29, 1.82) is 0 Å². The smallest absolute Gasteiger partial charge is 0.230 e. The van der Waals surface area contributed by atoms with Crippen LogP contribution < -0.4 is 5.73 Å². The number of nitrogens with two attached hydrogens (primary N) is 1. The molecule has 0 unspecified atom stereocenters. The molecule has 0 saturated heterocycles. The fraction of sp³-hybridized carbons (Fsp3) is 0. The van der Waals surface area contributed by atoms with Crippen molar-refractivity contribution >= 4 is 21.8 Å². The molecular formula is C15H10BrFN2O. The molecule has 0 bridgehead atoms. The van der Waals surface area contributed by atoms with Gasteiger partial charge < -0.3 is 10.3 Å². The molecule has 0 aliphatic heterocycles. The van der Waals surface area contributed by atoms with E-state index in [1.807, 2.05) is 24.3 Å². The van der Waals surface area contributed by atoms with E-state index < -0.39 is 0 Å². The minimum absolute atomic E-state index is 0.175. The first kappa shape index (κ1) is 12.9. The maximum Gasteiger partial charge on any atom is 0.230 e. The van der Waals surface area contributed by atoms with E-state index in [4.69, 9.17) is 10.3 Å². The van der Waals surface area contributed by atoms with Crippen LogP contribution in [-0.4, -0.2) is 5.16 Å². The van der Waals surface area contributed by atoms with Gasteiger partial charge in [0.15, 0.2) is 0 Å². The minimum atomic E-state index is -0.329. The first-order valence-electron chi connectivity index (χ1n) is 5.92. The standard InChI is InChI=1S/C15H10BrFN2O/c16-11-6-4-9(5-7-11)14-13(15(18)20-19-14)10-2-1-3-12(17)8-10/h1-8H,18H2. The summed E-state index contributed by atoms with van der Waals surface area (Å²) in [7, 11) is 0. The highest BCUT2D eigenvalue weighted by Gasteiger charge is 2.17. The summed E-state index contributed by atoms with van der Waals surface area (Å²) in [6, 6.07) is 13.8. The molecule has 2 N–H and O–H groups in total. The van der Waals surface area contributed by atoms with Crippen LogP contribution in [0.25, 0.3) is 22.4 Å². The molecule has 3 aromatic rings. The lowest BCUT2D eigenvalue weighted by Gasteiger charge is -2.03. The van der Waals surface area contributed by atoms with Crippen molar-refractivity contribution in [1.82, 2.24) is 5.16 Å². The van der Waals surface area contributed by atoms with E-state index in [1.165, 1.54) is 12.1 Å². The first-order valence-corrected chi connectivity index (χ1v) is 6.71. The van der Waals surface area contributed by atoms with Gasteiger partial charge in [0.05, 0.1) is 5.56 Å². The summed E-state index contributed by atoms with van der Waals surface area (Å²) >= 11 is 3.38. The van der Waals surface area contributed by atoms with Gasteiger partial charge in [0.2, 0.25) is 5.88 Å². The van der Waals surface area contributed by atoms with E-state index in [0.29, 0.717) is 16.8 Å². The molecular weight excluding hydrogens is 323 g/mol. The average Bonchev–Trinajstić information content (AvgIpc) is 2.81. The quantitative estimate of drug-likeness (QED) is 0.752. The summed E-state index contributed by atoms with van der Waals surface area (Å²) in [6.45, 7) is 0. The monoisotopic (exact) mass is 332 g/mol. The van der Waals surface area contributed by atoms with Gasteiger partial charge in [-0.25, -0.2) is 4.39 Å². The van der Waals surface area contributed by atoms with E-state index in [9.17, 15) is 4.39 Å². The van der Waals surface area contributed by atoms with Crippen molar-refractivity contribution in [3.05, 3.63) is 58.8 Å². The Balaban J connectivity index is 2.17. The number of anilines is 1. The highest BCUT2D eigenvalue weighted by atomic mass is 79.9. The summed E-state index contributed by atoms with van der Waals surface area (Å²) in [6.07, 6.45) is 0. The lowest BCUT2D eigenvalue weighted by atomic mass is 10.0. The number of rotatable bonds is 2. The Morgan fingerprint density at radius 1 is 1.05 bits per heavy atom. The summed E-state index contributed by atoms with van der Waals surface area (Å²) in [4.78, 5) is 0.